The van der Waals surface area contributed by atoms with Gasteiger partial charge in [0.2, 0.25) is 11.6 Å². The quantitative estimate of drug-likeness (QED) is 0.532. The Hall–Kier alpha value is -2.85. The van der Waals surface area contributed by atoms with Crippen LogP contribution in [0.2, 0.25) is 5.02 Å². The van der Waals surface area contributed by atoms with E-state index in [-0.39, 0.29) is 11.5 Å². The van der Waals surface area contributed by atoms with Crippen molar-refractivity contribution in [1.82, 2.24) is 14.9 Å². The number of benzene rings is 1. The van der Waals surface area contributed by atoms with E-state index in [0.29, 0.717) is 41.1 Å². The summed E-state index contributed by atoms with van der Waals surface area (Å²) >= 11 is 6.21. The number of halogens is 1. The van der Waals surface area contributed by atoms with E-state index in [9.17, 15) is 10.1 Å². The standard InChI is InChI=1S/C18H23ClN6O4/c1-4-23-5-7-24(8-6-23)18-16(25(26)27)17(20-11-21-18)22-13-9-12(19)14(28-2)10-15(13)29-3/h9-11H,4-8H2,1-3H3,(H,20,21,22). The summed E-state index contributed by atoms with van der Waals surface area (Å²) in [6.07, 6.45) is 1.31. The largest absolute Gasteiger partial charge is 0.495 e. The Bertz CT molecular complexity index is 889. The van der Waals surface area contributed by atoms with Crippen LogP contribution < -0.4 is 19.7 Å². The average molecular weight is 423 g/mol. The number of nitrogens with zero attached hydrogens (tertiary/aromatic N) is 5. The molecule has 2 aromatic rings. The maximum atomic E-state index is 11.9. The molecule has 1 aliphatic rings. The molecule has 0 saturated carbocycles. The van der Waals surface area contributed by atoms with Crippen LogP contribution in [-0.2, 0) is 0 Å². The molecule has 29 heavy (non-hydrogen) atoms. The molecule has 1 aromatic heterocycles. The first kappa shape index (κ1) is 20.9. The molecule has 0 bridgehead atoms. The van der Waals surface area contributed by atoms with Crippen molar-refractivity contribution in [3.63, 3.8) is 0 Å². The zero-order chi connectivity index (χ0) is 21.0. The number of ether oxygens (including phenoxy) is 2. The van der Waals surface area contributed by atoms with Crippen molar-refractivity contribution in [1.29, 1.82) is 0 Å². The molecule has 10 nitrogen and oxygen atoms in total. The third kappa shape index (κ3) is 4.43. The van der Waals surface area contributed by atoms with Gasteiger partial charge in [-0.3, -0.25) is 10.1 Å². The van der Waals surface area contributed by atoms with Crippen LogP contribution in [0.1, 0.15) is 6.92 Å². The fourth-order valence-electron chi connectivity index (χ4n) is 3.22. The van der Waals surface area contributed by atoms with Gasteiger partial charge in [0.25, 0.3) is 0 Å². The predicted octanol–water partition coefficient (Wildman–Crippen LogP) is 2.94. The highest BCUT2D eigenvalue weighted by Crippen LogP contribution is 2.40. The molecule has 156 valence electrons. The molecule has 1 N–H and O–H groups in total. The summed E-state index contributed by atoms with van der Waals surface area (Å²) in [6, 6.07) is 3.17. The van der Waals surface area contributed by atoms with Gasteiger partial charge in [-0.1, -0.05) is 18.5 Å². The minimum Gasteiger partial charge on any atom is -0.495 e. The van der Waals surface area contributed by atoms with Gasteiger partial charge in [0, 0.05) is 32.2 Å². The number of aromatic nitrogens is 2. The summed E-state index contributed by atoms with van der Waals surface area (Å²) in [4.78, 5) is 23.9. The Kier molecular flexibility index (Phi) is 6.55. The molecule has 1 fully saturated rings. The molecular weight excluding hydrogens is 400 g/mol. The molecule has 11 heteroatoms. The summed E-state index contributed by atoms with van der Waals surface area (Å²) in [6.45, 7) is 6.00. The summed E-state index contributed by atoms with van der Waals surface area (Å²) in [5, 5.41) is 15.2. The number of hydrogen-bond donors (Lipinski definition) is 1. The maximum Gasteiger partial charge on any atom is 0.353 e. The van der Waals surface area contributed by atoms with Crippen LogP contribution in [0.15, 0.2) is 18.5 Å². The van der Waals surface area contributed by atoms with Gasteiger partial charge in [0.15, 0.2) is 0 Å². The molecule has 2 heterocycles. The fraction of sp³-hybridized carbons (Fsp3) is 0.444. The van der Waals surface area contributed by atoms with E-state index in [4.69, 9.17) is 21.1 Å². The van der Waals surface area contributed by atoms with Crippen LogP contribution in [0.4, 0.5) is 23.0 Å². The van der Waals surface area contributed by atoms with Crippen molar-refractivity contribution in [3.05, 3.63) is 33.6 Å². The fourth-order valence-corrected chi connectivity index (χ4v) is 3.46. The molecule has 0 unspecified atom stereocenters. The van der Waals surface area contributed by atoms with Gasteiger partial charge < -0.3 is 24.6 Å². The van der Waals surface area contributed by atoms with E-state index in [1.807, 2.05) is 4.90 Å². The van der Waals surface area contributed by atoms with E-state index < -0.39 is 4.92 Å². The molecule has 1 saturated heterocycles. The summed E-state index contributed by atoms with van der Waals surface area (Å²) in [5.41, 5.74) is 0.244. The Balaban J connectivity index is 1.97. The van der Waals surface area contributed by atoms with Gasteiger partial charge in [-0.25, -0.2) is 9.97 Å². The Morgan fingerprint density at radius 1 is 1.17 bits per heavy atom. The minimum atomic E-state index is -0.471. The van der Waals surface area contributed by atoms with Crippen LogP contribution in [-0.4, -0.2) is 66.7 Å². The molecule has 0 amide bonds. The molecule has 1 aromatic carbocycles. The lowest BCUT2D eigenvalue weighted by atomic mass is 10.2. The van der Waals surface area contributed by atoms with Crippen LogP contribution in [0, 0.1) is 10.1 Å². The summed E-state index contributed by atoms with van der Waals surface area (Å²) in [7, 11) is 2.98. The third-order valence-corrected chi connectivity index (χ3v) is 5.13. The first-order chi connectivity index (χ1) is 14.0. The van der Waals surface area contributed by atoms with Crippen LogP contribution >= 0.6 is 11.6 Å². The molecule has 0 atom stereocenters. The molecule has 0 aliphatic carbocycles. The van der Waals surface area contributed by atoms with Crippen molar-refractivity contribution in [3.8, 4) is 11.5 Å². The number of rotatable bonds is 7. The van der Waals surface area contributed by atoms with Gasteiger partial charge in [-0.2, -0.15) is 0 Å². The number of likely N-dealkylation sites (N-methyl/N-ethyl adjacent to an activating group) is 1. The second-order valence-electron chi connectivity index (χ2n) is 6.38. The predicted molar refractivity (Wildman–Crippen MR) is 111 cm³/mol. The highest BCUT2D eigenvalue weighted by molar-refractivity contribution is 6.32. The van der Waals surface area contributed by atoms with Crippen molar-refractivity contribution >= 4 is 34.6 Å². The second-order valence-corrected chi connectivity index (χ2v) is 6.79. The monoisotopic (exact) mass is 422 g/mol. The van der Waals surface area contributed by atoms with Gasteiger partial charge >= 0.3 is 5.69 Å². The zero-order valence-corrected chi connectivity index (χ0v) is 17.3. The molecule has 3 rings (SSSR count). The summed E-state index contributed by atoms with van der Waals surface area (Å²) in [5.74, 6) is 1.21. The lowest BCUT2D eigenvalue weighted by molar-refractivity contribution is -0.383. The number of nitro groups is 1. The normalized spacial score (nSPS) is 14.6. The van der Waals surface area contributed by atoms with Crippen molar-refractivity contribution in [2.75, 3.05) is 57.2 Å². The SMILES string of the molecule is CCN1CCN(c2ncnc(Nc3cc(Cl)c(OC)cc3OC)c2[N+](=O)[O-])CC1. The highest BCUT2D eigenvalue weighted by atomic mass is 35.5. The molecular formula is C18H23ClN6O4. The minimum absolute atomic E-state index is 0.0671. The molecule has 0 radical (unpaired) electrons. The van der Waals surface area contributed by atoms with Gasteiger partial charge in [-0.15, -0.1) is 0 Å². The smallest absolute Gasteiger partial charge is 0.353 e. The molecule has 0 spiro atoms. The Morgan fingerprint density at radius 2 is 1.86 bits per heavy atom. The Labute approximate surface area is 173 Å². The highest BCUT2D eigenvalue weighted by Gasteiger charge is 2.29. The van der Waals surface area contributed by atoms with Crippen LogP contribution in [0.25, 0.3) is 0 Å². The second kappa shape index (κ2) is 9.10. The van der Waals surface area contributed by atoms with E-state index in [1.54, 1.807) is 12.1 Å². The van der Waals surface area contributed by atoms with Gasteiger partial charge in [0.1, 0.15) is 17.8 Å². The number of hydrogen-bond acceptors (Lipinski definition) is 9. The van der Waals surface area contributed by atoms with E-state index >= 15 is 0 Å². The summed E-state index contributed by atoms with van der Waals surface area (Å²) < 4.78 is 10.5. The Morgan fingerprint density at radius 3 is 2.45 bits per heavy atom. The maximum absolute atomic E-state index is 11.9. The lowest BCUT2D eigenvalue weighted by Gasteiger charge is -2.34. The van der Waals surface area contributed by atoms with Crippen LogP contribution in [0.3, 0.4) is 0 Å². The number of piperazine rings is 1. The number of anilines is 3. The molecule has 1 aliphatic heterocycles. The number of nitrogens with one attached hydrogen (secondary N) is 1. The average Bonchev–Trinajstić information content (AvgIpc) is 2.73. The first-order valence-electron chi connectivity index (χ1n) is 9.13. The lowest BCUT2D eigenvalue weighted by Crippen LogP contribution is -2.46. The van der Waals surface area contributed by atoms with Crippen molar-refractivity contribution in [2.24, 2.45) is 0 Å². The van der Waals surface area contributed by atoms with Gasteiger partial charge in [0.05, 0.1) is 29.9 Å². The van der Waals surface area contributed by atoms with Crippen molar-refractivity contribution in [2.45, 2.75) is 6.92 Å². The van der Waals surface area contributed by atoms with E-state index in [2.05, 4.69) is 27.1 Å². The van der Waals surface area contributed by atoms with Gasteiger partial charge in [-0.05, 0) is 12.6 Å². The van der Waals surface area contributed by atoms with Crippen LogP contribution in [0.5, 0.6) is 11.5 Å². The van der Waals surface area contributed by atoms with Crippen molar-refractivity contribution < 1.29 is 14.4 Å². The zero-order valence-electron chi connectivity index (χ0n) is 16.5. The van der Waals surface area contributed by atoms with E-state index in [1.165, 1.54) is 20.5 Å². The first-order valence-corrected chi connectivity index (χ1v) is 9.51. The number of methoxy groups -OCH3 is 2. The topological polar surface area (TPSA) is 106 Å². The van der Waals surface area contributed by atoms with E-state index in [0.717, 1.165) is 19.6 Å². The third-order valence-electron chi connectivity index (χ3n) is 4.83.